The van der Waals surface area contributed by atoms with Crippen LogP contribution in [0.25, 0.3) is 0 Å². The minimum absolute atomic E-state index is 0.779. The van der Waals surface area contributed by atoms with Gasteiger partial charge in [-0.3, -0.25) is 0 Å². The Balaban J connectivity index is 1.74. The van der Waals surface area contributed by atoms with Gasteiger partial charge in [0.05, 0.1) is 0 Å². The first-order valence-corrected chi connectivity index (χ1v) is 11.9. The summed E-state index contributed by atoms with van der Waals surface area (Å²) in [6, 6.07) is 3.16. The van der Waals surface area contributed by atoms with Crippen LogP contribution in [-0.2, 0) is 0 Å². The molecule has 2 saturated carbocycles. The second kappa shape index (κ2) is 10.9. The van der Waals surface area contributed by atoms with E-state index < -0.39 is 0 Å². The van der Waals surface area contributed by atoms with Crippen molar-refractivity contribution in [2.45, 2.75) is 109 Å². The number of unbranched alkanes of at least 4 members (excludes halogenated alkanes) is 1. The van der Waals surface area contributed by atoms with Crippen LogP contribution in [0.15, 0.2) is 0 Å². The van der Waals surface area contributed by atoms with E-state index in [1.54, 1.807) is 50.6 Å². The van der Waals surface area contributed by atoms with Gasteiger partial charge in [-0.05, 0) is 17.8 Å². The molecule has 0 aromatic carbocycles. The molecule has 2 rings (SSSR count). The highest BCUT2D eigenvalue weighted by atomic mass is 28.2. The lowest BCUT2D eigenvalue weighted by atomic mass is 9.68. The van der Waals surface area contributed by atoms with E-state index in [-0.39, 0.29) is 0 Å². The van der Waals surface area contributed by atoms with Gasteiger partial charge in [0.1, 0.15) is 0 Å². The maximum absolute atomic E-state index is 2.33. The zero-order valence-corrected chi connectivity index (χ0v) is 15.8. The monoisotopic (exact) mass is 307 g/mol. The highest BCUT2D eigenvalue weighted by Crippen LogP contribution is 2.42. The Morgan fingerprint density at radius 2 is 1.29 bits per heavy atom. The largest absolute Gasteiger partial charge is 0.0654 e. The molecule has 0 saturated heterocycles. The lowest BCUT2D eigenvalue weighted by Gasteiger charge is -2.38. The Hall–Kier alpha value is 0.217. The molecular formula is C20H39Si. The van der Waals surface area contributed by atoms with Gasteiger partial charge in [0.25, 0.3) is 0 Å². The third kappa shape index (κ3) is 6.46. The molecule has 0 N–H and O–H groups in total. The van der Waals surface area contributed by atoms with Gasteiger partial charge in [-0.25, -0.2) is 0 Å². The average Bonchev–Trinajstić information content (AvgIpc) is 2.56. The van der Waals surface area contributed by atoms with E-state index >= 15 is 0 Å². The minimum Gasteiger partial charge on any atom is -0.0654 e. The fourth-order valence-corrected chi connectivity index (χ4v) is 6.48. The Morgan fingerprint density at radius 1 is 0.762 bits per heavy atom. The summed E-state index contributed by atoms with van der Waals surface area (Å²) in [4.78, 5) is 0. The molecule has 2 aliphatic carbocycles. The molecule has 1 heteroatoms. The van der Waals surface area contributed by atoms with E-state index in [2.05, 4.69) is 6.92 Å². The Kier molecular flexibility index (Phi) is 9.09. The summed E-state index contributed by atoms with van der Waals surface area (Å²) in [5, 5.41) is 0. The number of hydrogen-bond acceptors (Lipinski definition) is 0. The van der Waals surface area contributed by atoms with Crippen LogP contribution in [0, 0.1) is 17.8 Å². The van der Waals surface area contributed by atoms with Crippen molar-refractivity contribution in [3.8, 4) is 0 Å². The summed E-state index contributed by atoms with van der Waals surface area (Å²) in [7, 11) is 0.779. The lowest BCUT2D eigenvalue weighted by Crippen LogP contribution is -2.27. The molecule has 0 unspecified atom stereocenters. The van der Waals surface area contributed by atoms with Crippen molar-refractivity contribution in [3.05, 3.63) is 0 Å². The van der Waals surface area contributed by atoms with Crippen molar-refractivity contribution in [1.82, 2.24) is 0 Å². The topological polar surface area (TPSA) is 0 Å². The van der Waals surface area contributed by atoms with E-state index in [4.69, 9.17) is 0 Å². The van der Waals surface area contributed by atoms with E-state index in [1.165, 1.54) is 51.4 Å². The van der Waals surface area contributed by atoms with E-state index in [0.717, 1.165) is 27.3 Å². The van der Waals surface area contributed by atoms with E-state index in [1.807, 2.05) is 0 Å². The predicted molar refractivity (Wildman–Crippen MR) is 97.5 cm³/mol. The molecule has 2 aliphatic rings. The predicted octanol–water partition coefficient (Wildman–Crippen LogP) is 6.62. The van der Waals surface area contributed by atoms with Crippen molar-refractivity contribution in [1.29, 1.82) is 0 Å². The SMILES string of the molecule is CCCC[SiH]CCCC(C1CCCCC1)C1CCCCC1. The van der Waals surface area contributed by atoms with Crippen LogP contribution in [0.5, 0.6) is 0 Å². The standard InChI is InChI=1S/C20H39Si/c1-2-3-16-21-17-10-15-20(18-11-6-4-7-12-18)19-13-8-5-9-14-19/h18-21H,2-17H2,1H3. The van der Waals surface area contributed by atoms with Gasteiger partial charge in [0.2, 0.25) is 0 Å². The molecule has 0 heterocycles. The second-order valence-electron chi connectivity index (χ2n) is 7.82. The lowest BCUT2D eigenvalue weighted by molar-refractivity contribution is 0.134. The Labute approximate surface area is 136 Å². The van der Waals surface area contributed by atoms with Crippen molar-refractivity contribution in [2.24, 2.45) is 17.8 Å². The van der Waals surface area contributed by atoms with Crippen LogP contribution in [0.3, 0.4) is 0 Å². The van der Waals surface area contributed by atoms with Crippen molar-refractivity contribution >= 4 is 9.52 Å². The van der Waals surface area contributed by atoms with Crippen molar-refractivity contribution in [2.75, 3.05) is 0 Å². The first-order chi connectivity index (χ1) is 10.4. The van der Waals surface area contributed by atoms with Crippen LogP contribution < -0.4 is 0 Å². The molecule has 0 aromatic rings. The maximum Gasteiger partial charge on any atom is 0.0280 e. The molecule has 0 nitrogen and oxygen atoms in total. The molecule has 21 heavy (non-hydrogen) atoms. The number of hydrogen-bond donors (Lipinski definition) is 0. The van der Waals surface area contributed by atoms with Crippen LogP contribution in [-0.4, -0.2) is 9.52 Å². The smallest absolute Gasteiger partial charge is 0.0280 e. The van der Waals surface area contributed by atoms with Crippen LogP contribution in [0.4, 0.5) is 0 Å². The Morgan fingerprint density at radius 3 is 1.81 bits per heavy atom. The molecule has 0 aromatic heterocycles. The highest BCUT2D eigenvalue weighted by molar-refractivity contribution is 6.35. The highest BCUT2D eigenvalue weighted by Gasteiger charge is 2.30. The zero-order chi connectivity index (χ0) is 14.8. The summed E-state index contributed by atoms with van der Waals surface area (Å²) in [5.41, 5.74) is 0. The third-order valence-corrected chi connectivity index (χ3v) is 7.85. The molecule has 1 radical (unpaired) electrons. The molecule has 123 valence electrons. The summed E-state index contributed by atoms with van der Waals surface area (Å²) < 4.78 is 0. The molecule has 0 spiro atoms. The fraction of sp³-hybridized carbons (Fsp3) is 1.00. The van der Waals surface area contributed by atoms with Crippen LogP contribution in [0.2, 0.25) is 12.1 Å². The summed E-state index contributed by atoms with van der Waals surface area (Å²) in [6.45, 7) is 2.33. The zero-order valence-electron chi connectivity index (χ0n) is 14.6. The summed E-state index contributed by atoms with van der Waals surface area (Å²) in [6.07, 6.45) is 21.5. The van der Waals surface area contributed by atoms with Gasteiger partial charge in [-0.1, -0.05) is 109 Å². The normalized spacial score (nSPS) is 22.0. The molecule has 0 amide bonds. The van der Waals surface area contributed by atoms with Gasteiger partial charge in [0, 0.05) is 9.52 Å². The van der Waals surface area contributed by atoms with Gasteiger partial charge in [0.15, 0.2) is 0 Å². The summed E-state index contributed by atoms with van der Waals surface area (Å²) in [5.74, 6) is 3.36. The number of rotatable bonds is 9. The fourth-order valence-electron chi connectivity index (χ4n) is 4.97. The van der Waals surface area contributed by atoms with Crippen LogP contribution in [0.1, 0.15) is 96.8 Å². The quantitative estimate of drug-likeness (QED) is 0.332. The average molecular weight is 308 g/mol. The molecule has 0 atom stereocenters. The van der Waals surface area contributed by atoms with E-state index in [9.17, 15) is 0 Å². The molecule has 0 aliphatic heterocycles. The first kappa shape index (κ1) is 17.6. The molecular weight excluding hydrogens is 268 g/mol. The molecule has 0 bridgehead atoms. The van der Waals surface area contributed by atoms with Crippen LogP contribution >= 0.6 is 0 Å². The van der Waals surface area contributed by atoms with Gasteiger partial charge in [-0.15, -0.1) is 0 Å². The summed E-state index contributed by atoms with van der Waals surface area (Å²) >= 11 is 0. The van der Waals surface area contributed by atoms with Crippen molar-refractivity contribution in [3.63, 3.8) is 0 Å². The maximum atomic E-state index is 2.33. The van der Waals surface area contributed by atoms with Crippen molar-refractivity contribution < 1.29 is 0 Å². The minimum atomic E-state index is 0.779. The van der Waals surface area contributed by atoms with E-state index in [0.29, 0.717) is 0 Å². The first-order valence-electron chi connectivity index (χ1n) is 10.2. The van der Waals surface area contributed by atoms with Gasteiger partial charge < -0.3 is 0 Å². The second-order valence-corrected chi connectivity index (χ2v) is 9.55. The third-order valence-electron chi connectivity index (χ3n) is 6.22. The van der Waals surface area contributed by atoms with Gasteiger partial charge in [-0.2, -0.15) is 0 Å². The molecule has 2 fully saturated rings. The Bertz CT molecular complexity index is 220. The van der Waals surface area contributed by atoms with Gasteiger partial charge >= 0.3 is 0 Å².